The van der Waals surface area contributed by atoms with Crippen LogP contribution >= 0.6 is 11.8 Å². The molecule has 31 heavy (non-hydrogen) atoms. The van der Waals surface area contributed by atoms with Gasteiger partial charge >= 0.3 is 5.97 Å². The second-order valence-corrected chi connectivity index (χ2v) is 8.08. The van der Waals surface area contributed by atoms with Gasteiger partial charge in [0.2, 0.25) is 6.10 Å². The molecule has 0 radical (unpaired) electrons. The Balaban J connectivity index is 1.63. The van der Waals surface area contributed by atoms with E-state index in [9.17, 15) is 9.59 Å². The van der Waals surface area contributed by atoms with Crippen LogP contribution in [0.5, 0.6) is 5.75 Å². The van der Waals surface area contributed by atoms with Crippen molar-refractivity contribution in [2.45, 2.75) is 24.3 Å². The van der Waals surface area contributed by atoms with E-state index < -0.39 is 18.0 Å². The third-order valence-corrected chi connectivity index (χ3v) is 5.54. The molecule has 3 aromatic carbocycles. The summed E-state index contributed by atoms with van der Waals surface area (Å²) in [5.74, 6) is 0.355. The summed E-state index contributed by atoms with van der Waals surface area (Å²) in [6, 6.07) is 24.2. The Hall–Kier alpha value is -3.25. The molecule has 0 aliphatic rings. The van der Waals surface area contributed by atoms with Gasteiger partial charge in [-0.25, -0.2) is 0 Å². The number of methoxy groups -OCH3 is 1. The van der Waals surface area contributed by atoms with E-state index in [0.29, 0.717) is 22.8 Å². The summed E-state index contributed by atoms with van der Waals surface area (Å²) in [6.45, 7) is 2.03. The highest BCUT2D eigenvalue weighted by Crippen LogP contribution is 2.24. The standard InChI is InChI=1S/C25H25NO4S/c1-18-11-13-22(14-12-18)31-16-15-23(27)30-24(19-7-4-3-5-8-19)25(28)26-20-9-6-10-21(17-20)29-2/h3-14,17,24H,15-16H2,1-2H3,(H,26,28). The third-order valence-electron chi connectivity index (χ3n) is 4.52. The average molecular weight is 436 g/mol. The number of nitrogens with one attached hydrogen (secondary N) is 1. The van der Waals surface area contributed by atoms with E-state index in [0.717, 1.165) is 4.90 Å². The number of thioether (sulfide) groups is 1. The molecule has 3 rings (SSSR count). The summed E-state index contributed by atoms with van der Waals surface area (Å²) in [5.41, 5.74) is 2.37. The molecule has 0 saturated carbocycles. The molecule has 1 atom stereocenters. The van der Waals surface area contributed by atoms with Gasteiger partial charge in [-0.2, -0.15) is 0 Å². The fourth-order valence-electron chi connectivity index (χ4n) is 2.89. The highest BCUT2D eigenvalue weighted by molar-refractivity contribution is 7.99. The van der Waals surface area contributed by atoms with E-state index in [4.69, 9.17) is 9.47 Å². The van der Waals surface area contributed by atoms with Crippen LogP contribution in [-0.2, 0) is 14.3 Å². The van der Waals surface area contributed by atoms with Crippen molar-refractivity contribution < 1.29 is 19.1 Å². The Labute approximate surface area is 186 Å². The second kappa shape index (κ2) is 11.2. The van der Waals surface area contributed by atoms with Gasteiger partial charge in [-0.05, 0) is 31.2 Å². The van der Waals surface area contributed by atoms with Crippen molar-refractivity contribution in [1.29, 1.82) is 0 Å². The fraction of sp³-hybridized carbons (Fsp3) is 0.200. The lowest BCUT2D eigenvalue weighted by Gasteiger charge is -2.18. The summed E-state index contributed by atoms with van der Waals surface area (Å²) in [6.07, 6.45) is -0.835. The number of anilines is 1. The number of benzene rings is 3. The zero-order valence-corrected chi connectivity index (χ0v) is 18.4. The summed E-state index contributed by atoms with van der Waals surface area (Å²) >= 11 is 1.58. The molecular weight excluding hydrogens is 410 g/mol. The van der Waals surface area contributed by atoms with E-state index in [2.05, 4.69) is 5.32 Å². The predicted molar refractivity (Wildman–Crippen MR) is 123 cm³/mol. The Morgan fingerprint density at radius 3 is 2.42 bits per heavy atom. The van der Waals surface area contributed by atoms with Crippen molar-refractivity contribution in [3.8, 4) is 5.75 Å². The van der Waals surface area contributed by atoms with Gasteiger partial charge in [0.05, 0.1) is 13.5 Å². The van der Waals surface area contributed by atoms with Crippen LogP contribution in [0.4, 0.5) is 5.69 Å². The number of amides is 1. The predicted octanol–water partition coefficient (Wildman–Crippen LogP) is 5.41. The van der Waals surface area contributed by atoms with E-state index in [-0.39, 0.29) is 6.42 Å². The maximum atomic E-state index is 12.9. The molecule has 1 unspecified atom stereocenters. The van der Waals surface area contributed by atoms with Gasteiger partial charge in [0.1, 0.15) is 5.75 Å². The lowest BCUT2D eigenvalue weighted by atomic mass is 10.1. The number of carbonyl (C=O) groups is 2. The monoisotopic (exact) mass is 435 g/mol. The molecule has 0 saturated heterocycles. The van der Waals surface area contributed by atoms with Gasteiger partial charge < -0.3 is 14.8 Å². The van der Waals surface area contributed by atoms with Gasteiger partial charge in [0.15, 0.2) is 0 Å². The van der Waals surface area contributed by atoms with Crippen LogP contribution < -0.4 is 10.1 Å². The minimum Gasteiger partial charge on any atom is -0.497 e. The summed E-state index contributed by atoms with van der Waals surface area (Å²) in [7, 11) is 1.56. The molecule has 0 heterocycles. The highest BCUT2D eigenvalue weighted by Gasteiger charge is 2.25. The smallest absolute Gasteiger partial charge is 0.307 e. The number of hydrogen-bond donors (Lipinski definition) is 1. The van der Waals surface area contributed by atoms with Gasteiger partial charge in [-0.1, -0.05) is 54.1 Å². The largest absolute Gasteiger partial charge is 0.497 e. The number of ether oxygens (including phenoxy) is 2. The van der Waals surface area contributed by atoms with Crippen LogP contribution in [0.1, 0.15) is 23.7 Å². The Bertz CT molecular complexity index is 1010. The quantitative estimate of drug-likeness (QED) is 0.360. The summed E-state index contributed by atoms with van der Waals surface area (Å²) < 4.78 is 10.8. The topological polar surface area (TPSA) is 64.6 Å². The van der Waals surface area contributed by atoms with E-state index in [1.165, 1.54) is 5.56 Å². The van der Waals surface area contributed by atoms with Gasteiger partial charge in [-0.15, -0.1) is 11.8 Å². The van der Waals surface area contributed by atoms with Gasteiger partial charge in [0.25, 0.3) is 5.91 Å². The lowest BCUT2D eigenvalue weighted by molar-refractivity contribution is -0.154. The molecular formula is C25H25NO4S. The summed E-state index contributed by atoms with van der Waals surface area (Å²) in [4.78, 5) is 26.5. The van der Waals surface area contributed by atoms with Crippen LogP contribution in [0.2, 0.25) is 0 Å². The minimum atomic E-state index is -1.04. The molecule has 0 aliphatic carbocycles. The first kappa shape index (κ1) is 22.4. The van der Waals surface area contributed by atoms with Crippen LogP contribution in [0.25, 0.3) is 0 Å². The van der Waals surface area contributed by atoms with E-state index in [1.54, 1.807) is 55.3 Å². The van der Waals surface area contributed by atoms with Crippen molar-refractivity contribution in [3.05, 3.63) is 90.0 Å². The second-order valence-electron chi connectivity index (χ2n) is 6.91. The maximum absolute atomic E-state index is 12.9. The fourth-order valence-corrected chi connectivity index (χ4v) is 3.72. The van der Waals surface area contributed by atoms with Gasteiger partial charge in [0, 0.05) is 28.0 Å². The molecule has 160 valence electrons. The molecule has 0 aromatic heterocycles. The van der Waals surface area contributed by atoms with Crippen LogP contribution in [0.15, 0.2) is 83.8 Å². The normalized spacial score (nSPS) is 11.4. The zero-order chi connectivity index (χ0) is 22.1. The lowest BCUT2D eigenvalue weighted by Crippen LogP contribution is -2.26. The van der Waals surface area contributed by atoms with Crippen molar-refractivity contribution in [2.24, 2.45) is 0 Å². The molecule has 1 N–H and O–H groups in total. The first-order chi connectivity index (χ1) is 15.0. The first-order valence-corrected chi connectivity index (χ1v) is 10.9. The summed E-state index contributed by atoms with van der Waals surface area (Å²) in [5, 5.41) is 2.81. The maximum Gasteiger partial charge on any atom is 0.307 e. The van der Waals surface area contributed by atoms with Gasteiger partial charge in [-0.3, -0.25) is 9.59 Å². The molecule has 1 amide bonds. The van der Waals surface area contributed by atoms with Crippen molar-refractivity contribution in [1.82, 2.24) is 0 Å². The molecule has 5 nitrogen and oxygen atoms in total. The highest BCUT2D eigenvalue weighted by atomic mass is 32.2. The van der Waals surface area contributed by atoms with Crippen LogP contribution in [0.3, 0.4) is 0 Å². The number of aryl methyl sites for hydroxylation is 1. The first-order valence-electron chi connectivity index (χ1n) is 9.94. The Kier molecular flexibility index (Phi) is 8.12. The Morgan fingerprint density at radius 2 is 1.71 bits per heavy atom. The van der Waals surface area contributed by atoms with Crippen molar-refractivity contribution in [2.75, 3.05) is 18.2 Å². The Morgan fingerprint density at radius 1 is 0.968 bits per heavy atom. The molecule has 3 aromatic rings. The van der Waals surface area contributed by atoms with Crippen LogP contribution in [0, 0.1) is 6.92 Å². The average Bonchev–Trinajstić information content (AvgIpc) is 2.79. The number of carbonyl (C=O) groups excluding carboxylic acids is 2. The third kappa shape index (κ3) is 6.89. The minimum absolute atomic E-state index is 0.203. The molecule has 0 spiro atoms. The zero-order valence-electron chi connectivity index (χ0n) is 17.5. The number of esters is 1. The van der Waals surface area contributed by atoms with E-state index in [1.807, 2.05) is 49.4 Å². The molecule has 0 fully saturated rings. The van der Waals surface area contributed by atoms with Crippen molar-refractivity contribution >= 4 is 29.3 Å². The van der Waals surface area contributed by atoms with Crippen LogP contribution in [-0.4, -0.2) is 24.7 Å². The van der Waals surface area contributed by atoms with Crippen molar-refractivity contribution in [3.63, 3.8) is 0 Å². The SMILES string of the molecule is COc1cccc(NC(=O)C(OC(=O)CCSc2ccc(C)cc2)c2ccccc2)c1. The molecule has 6 heteroatoms. The molecule has 0 bridgehead atoms. The van der Waals surface area contributed by atoms with E-state index >= 15 is 0 Å². The number of rotatable bonds is 9. The molecule has 0 aliphatic heterocycles. The number of hydrogen-bond acceptors (Lipinski definition) is 5.